The predicted molar refractivity (Wildman–Crippen MR) is 164 cm³/mol. The lowest BCUT2D eigenvalue weighted by Gasteiger charge is -2.30. The number of rotatable bonds is 19. The van der Waals surface area contributed by atoms with Gasteiger partial charge in [-0.05, 0) is 55.2 Å². The molecule has 3 rings (SSSR count). The van der Waals surface area contributed by atoms with E-state index in [1.165, 1.54) is 51.0 Å². The van der Waals surface area contributed by atoms with Crippen LogP contribution in [0, 0.1) is 0 Å². The molecule has 0 saturated heterocycles. The third-order valence-electron chi connectivity index (χ3n) is 7.28. The van der Waals surface area contributed by atoms with Gasteiger partial charge in [0.25, 0.3) is 0 Å². The highest BCUT2D eigenvalue weighted by molar-refractivity contribution is 7.52. The minimum Gasteiger partial charge on any atom is -0.480 e. The Labute approximate surface area is 243 Å². The second-order valence-electron chi connectivity index (χ2n) is 10.9. The highest BCUT2D eigenvalue weighted by Gasteiger charge is 2.36. The maximum Gasteiger partial charge on any atom is 0.459 e. The van der Waals surface area contributed by atoms with Crippen LogP contribution >= 0.6 is 7.75 Å². The molecule has 0 heterocycles. The number of hydrogen-bond donors (Lipinski definition) is 4. The SMILES string of the molecule is CCCCCCCCc1ccc(CCC(N)(CO)COP(=O)(NC(C)C(=O)O)Oc2cccc3ccccc23)cc1. The zero-order valence-corrected chi connectivity index (χ0v) is 25.2. The second kappa shape index (κ2) is 16.0. The van der Waals surface area contributed by atoms with Gasteiger partial charge >= 0.3 is 13.7 Å². The normalized spacial score (nSPS) is 15.2. The zero-order valence-electron chi connectivity index (χ0n) is 24.3. The number of aryl methyl sites for hydroxylation is 2. The number of aliphatic hydroxyl groups excluding tert-OH is 1. The number of carboxylic acid groups (broad SMARTS) is 1. The molecule has 0 spiro atoms. The number of carboxylic acids is 1. The molecule has 8 nitrogen and oxygen atoms in total. The third-order valence-corrected chi connectivity index (χ3v) is 8.89. The van der Waals surface area contributed by atoms with Crippen molar-refractivity contribution in [3.63, 3.8) is 0 Å². The van der Waals surface area contributed by atoms with Gasteiger partial charge in [0.1, 0.15) is 11.8 Å². The molecular weight excluding hydrogens is 539 g/mol. The Bertz CT molecular complexity index is 1280. The number of benzene rings is 3. The lowest BCUT2D eigenvalue weighted by atomic mass is 9.93. The number of carbonyl (C=O) groups is 1. The molecule has 0 aliphatic carbocycles. The molecule has 0 amide bonds. The predicted octanol–water partition coefficient (Wildman–Crippen LogP) is 6.63. The monoisotopic (exact) mass is 584 g/mol. The van der Waals surface area contributed by atoms with Crippen LogP contribution in [-0.4, -0.2) is 41.0 Å². The lowest BCUT2D eigenvalue weighted by molar-refractivity contribution is -0.138. The number of unbranched alkanes of at least 4 members (excludes halogenated alkanes) is 5. The van der Waals surface area contributed by atoms with Gasteiger partial charge in [-0.25, -0.2) is 4.57 Å². The molecule has 0 fully saturated rings. The minimum atomic E-state index is -4.21. The van der Waals surface area contributed by atoms with Gasteiger partial charge in [-0.2, -0.15) is 5.09 Å². The zero-order chi connectivity index (χ0) is 29.7. The van der Waals surface area contributed by atoms with E-state index in [1.807, 2.05) is 30.3 Å². The number of fused-ring (bicyclic) bond motifs is 1. The summed E-state index contributed by atoms with van der Waals surface area (Å²) in [6, 6.07) is 19.9. The van der Waals surface area contributed by atoms with E-state index in [-0.39, 0.29) is 12.4 Å². The van der Waals surface area contributed by atoms with E-state index in [2.05, 4.69) is 36.3 Å². The van der Waals surface area contributed by atoms with Crippen molar-refractivity contribution in [3.8, 4) is 5.75 Å². The van der Waals surface area contributed by atoms with Crippen LogP contribution in [0.4, 0.5) is 0 Å². The van der Waals surface area contributed by atoms with Crippen LogP contribution in [0.1, 0.15) is 69.9 Å². The molecule has 0 bridgehead atoms. The summed E-state index contributed by atoms with van der Waals surface area (Å²) in [6.07, 6.45) is 9.62. The standard InChI is InChI=1S/C32H45N2O6P/c1-3-4-5-6-7-8-12-26-17-19-27(20-18-26)21-22-32(33,23-35)24-39-41(38,34-25(2)31(36)37)40-30-16-11-14-28-13-9-10-15-29(28)30/h9-11,13-20,25,35H,3-8,12,21-24,33H2,1-2H3,(H,34,38)(H,36,37). The van der Waals surface area contributed by atoms with Crippen LogP contribution in [-0.2, 0) is 26.7 Å². The van der Waals surface area contributed by atoms with E-state index in [0.717, 1.165) is 17.4 Å². The molecule has 224 valence electrons. The van der Waals surface area contributed by atoms with Gasteiger partial charge in [-0.3, -0.25) is 9.32 Å². The average Bonchev–Trinajstić information content (AvgIpc) is 2.97. The van der Waals surface area contributed by atoms with Crippen LogP contribution < -0.4 is 15.3 Å². The molecule has 3 atom stereocenters. The largest absolute Gasteiger partial charge is 0.480 e. The summed E-state index contributed by atoms with van der Waals surface area (Å²) < 4.78 is 25.4. The van der Waals surface area contributed by atoms with Crippen molar-refractivity contribution in [2.75, 3.05) is 13.2 Å². The maximum atomic E-state index is 13.8. The summed E-state index contributed by atoms with van der Waals surface area (Å²) in [5.41, 5.74) is 7.64. The molecule has 3 aromatic carbocycles. The first kappa shape index (κ1) is 32.8. The quantitative estimate of drug-likeness (QED) is 0.0912. The van der Waals surface area contributed by atoms with Gasteiger partial charge in [-0.1, -0.05) is 99.7 Å². The second-order valence-corrected chi connectivity index (χ2v) is 12.6. The van der Waals surface area contributed by atoms with Crippen LogP contribution in [0.25, 0.3) is 10.8 Å². The summed E-state index contributed by atoms with van der Waals surface area (Å²) in [5, 5.41) is 23.6. The summed E-state index contributed by atoms with van der Waals surface area (Å²) >= 11 is 0. The number of nitrogens with one attached hydrogen (secondary N) is 1. The van der Waals surface area contributed by atoms with Crippen molar-refractivity contribution in [3.05, 3.63) is 77.9 Å². The van der Waals surface area contributed by atoms with Gasteiger partial charge in [0.15, 0.2) is 0 Å². The lowest BCUT2D eigenvalue weighted by Crippen LogP contribution is -2.49. The Morgan fingerprint density at radius 3 is 2.27 bits per heavy atom. The van der Waals surface area contributed by atoms with Crippen molar-refractivity contribution in [2.45, 2.75) is 83.2 Å². The molecule has 41 heavy (non-hydrogen) atoms. The van der Waals surface area contributed by atoms with E-state index in [0.29, 0.717) is 18.2 Å². The van der Waals surface area contributed by atoms with Crippen LogP contribution in [0.3, 0.4) is 0 Å². The first-order chi connectivity index (χ1) is 19.7. The van der Waals surface area contributed by atoms with E-state index in [4.69, 9.17) is 14.8 Å². The van der Waals surface area contributed by atoms with Gasteiger partial charge in [0.05, 0.1) is 18.8 Å². The van der Waals surface area contributed by atoms with Crippen LogP contribution in [0.5, 0.6) is 5.75 Å². The minimum absolute atomic E-state index is 0.282. The van der Waals surface area contributed by atoms with Crippen molar-refractivity contribution in [2.24, 2.45) is 5.73 Å². The van der Waals surface area contributed by atoms with Crippen LogP contribution in [0.2, 0.25) is 0 Å². The molecule has 0 saturated carbocycles. The highest BCUT2D eigenvalue weighted by Crippen LogP contribution is 2.47. The Morgan fingerprint density at radius 2 is 1.59 bits per heavy atom. The molecule has 0 radical (unpaired) electrons. The Balaban J connectivity index is 1.62. The van der Waals surface area contributed by atoms with E-state index < -0.39 is 31.9 Å². The first-order valence-corrected chi connectivity index (χ1v) is 16.1. The molecule has 9 heteroatoms. The smallest absolute Gasteiger partial charge is 0.459 e. The Hall–Kier alpha value is -2.74. The van der Waals surface area contributed by atoms with Gasteiger partial charge in [-0.15, -0.1) is 0 Å². The van der Waals surface area contributed by atoms with Gasteiger partial charge in [0.2, 0.25) is 0 Å². The fourth-order valence-electron chi connectivity index (χ4n) is 4.57. The summed E-state index contributed by atoms with van der Waals surface area (Å²) in [6.45, 7) is 2.86. The maximum absolute atomic E-state index is 13.8. The van der Waals surface area contributed by atoms with Crippen molar-refractivity contribution >= 4 is 24.5 Å². The molecule has 5 N–H and O–H groups in total. The molecular formula is C32H45N2O6P. The summed E-state index contributed by atoms with van der Waals surface area (Å²) in [4.78, 5) is 11.5. The molecule has 0 aliphatic heterocycles. The van der Waals surface area contributed by atoms with Gasteiger partial charge < -0.3 is 20.5 Å². The molecule has 3 aromatic rings. The number of aliphatic carboxylic acids is 1. The average molecular weight is 585 g/mol. The van der Waals surface area contributed by atoms with Crippen molar-refractivity contribution in [1.82, 2.24) is 5.09 Å². The molecule has 0 aromatic heterocycles. The topological polar surface area (TPSA) is 131 Å². The van der Waals surface area contributed by atoms with Crippen LogP contribution in [0.15, 0.2) is 66.7 Å². The summed E-state index contributed by atoms with van der Waals surface area (Å²) in [7, 11) is -4.21. The highest BCUT2D eigenvalue weighted by atomic mass is 31.2. The van der Waals surface area contributed by atoms with E-state index >= 15 is 0 Å². The Kier molecular flexibility index (Phi) is 12.8. The van der Waals surface area contributed by atoms with Gasteiger partial charge in [0, 0.05) is 5.39 Å². The molecule has 0 aliphatic rings. The van der Waals surface area contributed by atoms with Crippen molar-refractivity contribution in [1.29, 1.82) is 0 Å². The van der Waals surface area contributed by atoms with Crippen molar-refractivity contribution < 1.29 is 28.6 Å². The van der Waals surface area contributed by atoms with E-state index in [1.54, 1.807) is 12.1 Å². The van der Waals surface area contributed by atoms with E-state index in [9.17, 15) is 19.6 Å². The fourth-order valence-corrected chi connectivity index (χ4v) is 6.18. The number of hydrogen-bond acceptors (Lipinski definition) is 6. The number of aliphatic hydroxyl groups is 1. The third kappa shape index (κ3) is 10.6. The Morgan fingerprint density at radius 1 is 0.951 bits per heavy atom. The summed E-state index contributed by atoms with van der Waals surface area (Å²) in [5.74, 6) is -0.930. The molecule has 3 unspecified atom stereocenters. The fraction of sp³-hybridized carbons (Fsp3) is 0.469. The first-order valence-electron chi connectivity index (χ1n) is 14.6. The number of nitrogens with two attached hydrogens (primary N) is 1.